The van der Waals surface area contributed by atoms with Crippen molar-refractivity contribution >= 4 is 5.65 Å². The Morgan fingerprint density at radius 2 is 2.10 bits per heavy atom. The molecule has 0 aromatic carbocycles. The smallest absolute Gasteiger partial charge is 0.163 e. The molecule has 3 aromatic heterocycles. The van der Waals surface area contributed by atoms with Crippen LogP contribution in [-0.2, 0) is 19.4 Å². The molecular weight excluding hydrogens is 252 g/mol. The van der Waals surface area contributed by atoms with Crippen LogP contribution in [0.5, 0.6) is 0 Å². The van der Waals surface area contributed by atoms with E-state index in [0.717, 1.165) is 30.0 Å². The van der Waals surface area contributed by atoms with Crippen molar-refractivity contribution in [2.24, 2.45) is 0 Å². The Labute approximate surface area is 116 Å². The van der Waals surface area contributed by atoms with E-state index in [1.165, 1.54) is 24.2 Å². The summed E-state index contributed by atoms with van der Waals surface area (Å²) in [5, 5.41) is 9.71. The molecule has 0 saturated heterocycles. The maximum Gasteiger partial charge on any atom is 0.163 e. The molecule has 4 rings (SSSR count). The molecule has 0 aliphatic heterocycles. The highest BCUT2D eigenvalue weighted by atomic mass is 16.3. The van der Waals surface area contributed by atoms with Crippen molar-refractivity contribution in [3.63, 3.8) is 0 Å². The summed E-state index contributed by atoms with van der Waals surface area (Å²) >= 11 is 0. The van der Waals surface area contributed by atoms with Gasteiger partial charge in [0.05, 0.1) is 18.0 Å². The Morgan fingerprint density at radius 1 is 1.20 bits per heavy atom. The number of aliphatic hydroxyl groups is 1. The molecule has 102 valence electrons. The van der Waals surface area contributed by atoms with Gasteiger partial charge in [-0.15, -0.1) is 0 Å². The fourth-order valence-electron chi connectivity index (χ4n) is 3.03. The number of fused-ring (bicyclic) bond motifs is 2. The number of aryl methyl sites for hydroxylation is 1. The normalized spacial score (nSPS) is 14.7. The predicted octanol–water partition coefficient (Wildman–Crippen LogP) is 1.89. The van der Waals surface area contributed by atoms with Crippen LogP contribution in [0, 0.1) is 0 Å². The van der Waals surface area contributed by atoms with Crippen molar-refractivity contribution in [2.45, 2.75) is 32.3 Å². The standard InChI is InChI=1S/C15H16N4O/c20-9-13-15(17-14-7-3-4-8-18(13)14)19-10-16-11-5-1-2-6-12(11)19/h3-4,7-8,10,20H,1-2,5-6,9H2. The lowest BCUT2D eigenvalue weighted by Crippen LogP contribution is -2.08. The monoisotopic (exact) mass is 268 g/mol. The van der Waals surface area contributed by atoms with Gasteiger partial charge >= 0.3 is 0 Å². The largest absolute Gasteiger partial charge is 0.390 e. The lowest BCUT2D eigenvalue weighted by molar-refractivity contribution is 0.275. The molecule has 3 heterocycles. The molecule has 5 nitrogen and oxygen atoms in total. The van der Waals surface area contributed by atoms with Gasteiger partial charge in [-0.1, -0.05) is 6.07 Å². The summed E-state index contributed by atoms with van der Waals surface area (Å²) in [6.07, 6.45) is 8.26. The number of hydrogen-bond acceptors (Lipinski definition) is 3. The molecule has 1 aliphatic rings. The van der Waals surface area contributed by atoms with Gasteiger partial charge in [0.15, 0.2) is 5.82 Å². The van der Waals surface area contributed by atoms with Crippen molar-refractivity contribution in [3.05, 3.63) is 47.8 Å². The van der Waals surface area contributed by atoms with E-state index >= 15 is 0 Å². The Balaban J connectivity index is 1.96. The summed E-state index contributed by atoms with van der Waals surface area (Å²) in [5.41, 5.74) is 4.09. The van der Waals surface area contributed by atoms with Crippen LogP contribution in [0.3, 0.4) is 0 Å². The van der Waals surface area contributed by atoms with E-state index < -0.39 is 0 Å². The van der Waals surface area contributed by atoms with Crippen LogP contribution < -0.4 is 0 Å². The SMILES string of the molecule is OCc1c(-n2cnc3c2CCCC3)nc2ccccn12. The Bertz CT molecular complexity index is 771. The quantitative estimate of drug-likeness (QED) is 0.772. The average Bonchev–Trinajstić information content (AvgIpc) is 3.07. The van der Waals surface area contributed by atoms with Crippen LogP contribution >= 0.6 is 0 Å². The summed E-state index contributed by atoms with van der Waals surface area (Å²) in [5.74, 6) is 0.800. The molecule has 1 aliphatic carbocycles. The van der Waals surface area contributed by atoms with E-state index in [1.807, 2.05) is 39.7 Å². The minimum Gasteiger partial charge on any atom is -0.390 e. The minimum absolute atomic E-state index is 0.0343. The molecule has 0 fully saturated rings. The average molecular weight is 268 g/mol. The topological polar surface area (TPSA) is 55.3 Å². The number of pyridine rings is 1. The lowest BCUT2D eigenvalue weighted by atomic mass is 10.0. The predicted molar refractivity (Wildman–Crippen MR) is 74.9 cm³/mol. The maximum absolute atomic E-state index is 9.71. The number of hydrogen-bond donors (Lipinski definition) is 1. The zero-order chi connectivity index (χ0) is 13.5. The van der Waals surface area contributed by atoms with E-state index in [0.29, 0.717) is 0 Å². The summed E-state index contributed by atoms with van der Waals surface area (Å²) < 4.78 is 3.98. The zero-order valence-electron chi connectivity index (χ0n) is 11.2. The van der Waals surface area contributed by atoms with Gasteiger partial charge in [-0.05, 0) is 37.8 Å². The van der Waals surface area contributed by atoms with Crippen LogP contribution in [0.25, 0.3) is 11.5 Å². The highest BCUT2D eigenvalue weighted by Crippen LogP contribution is 2.25. The molecule has 20 heavy (non-hydrogen) atoms. The van der Waals surface area contributed by atoms with Gasteiger partial charge in [0.25, 0.3) is 0 Å². The zero-order valence-corrected chi connectivity index (χ0v) is 11.2. The van der Waals surface area contributed by atoms with Crippen LogP contribution in [0.2, 0.25) is 0 Å². The highest BCUT2D eigenvalue weighted by Gasteiger charge is 2.20. The summed E-state index contributed by atoms with van der Waals surface area (Å²) in [4.78, 5) is 9.17. The molecule has 3 aromatic rings. The lowest BCUT2D eigenvalue weighted by Gasteiger charge is -2.13. The number of imidazole rings is 2. The second-order valence-electron chi connectivity index (χ2n) is 5.18. The van der Waals surface area contributed by atoms with E-state index in [2.05, 4.69) is 9.97 Å². The second kappa shape index (κ2) is 4.45. The van der Waals surface area contributed by atoms with Crippen molar-refractivity contribution in [1.82, 2.24) is 18.9 Å². The first-order valence-electron chi connectivity index (χ1n) is 7.01. The number of rotatable bonds is 2. The number of nitrogens with zero attached hydrogens (tertiary/aromatic N) is 4. The second-order valence-corrected chi connectivity index (χ2v) is 5.18. The van der Waals surface area contributed by atoms with Gasteiger partial charge in [0.1, 0.15) is 12.0 Å². The Kier molecular flexibility index (Phi) is 2.60. The van der Waals surface area contributed by atoms with Gasteiger partial charge < -0.3 is 5.11 Å². The van der Waals surface area contributed by atoms with Gasteiger partial charge in [-0.3, -0.25) is 8.97 Å². The van der Waals surface area contributed by atoms with Gasteiger partial charge in [0, 0.05) is 11.9 Å². The van der Waals surface area contributed by atoms with Crippen molar-refractivity contribution in [1.29, 1.82) is 0 Å². The molecular formula is C15H16N4O. The first-order valence-corrected chi connectivity index (χ1v) is 7.01. The molecule has 1 N–H and O–H groups in total. The Morgan fingerprint density at radius 3 is 3.00 bits per heavy atom. The van der Waals surface area contributed by atoms with Crippen molar-refractivity contribution < 1.29 is 5.11 Å². The summed E-state index contributed by atoms with van der Waals surface area (Å²) in [6.45, 7) is -0.0343. The van der Waals surface area contributed by atoms with E-state index in [-0.39, 0.29) is 6.61 Å². The van der Waals surface area contributed by atoms with E-state index in [9.17, 15) is 5.11 Å². The third-order valence-electron chi connectivity index (χ3n) is 4.02. The van der Waals surface area contributed by atoms with Crippen LogP contribution in [0.1, 0.15) is 29.9 Å². The maximum atomic E-state index is 9.71. The molecule has 0 amide bonds. The van der Waals surface area contributed by atoms with Crippen molar-refractivity contribution in [2.75, 3.05) is 0 Å². The van der Waals surface area contributed by atoms with Gasteiger partial charge in [-0.25, -0.2) is 9.97 Å². The number of aromatic nitrogens is 4. The number of aliphatic hydroxyl groups excluding tert-OH is 1. The fraction of sp³-hybridized carbons (Fsp3) is 0.333. The van der Waals surface area contributed by atoms with Gasteiger partial charge in [-0.2, -0.15) is 0 Å². The molecule has 0 bridgehead atoms. The Hall–Kier alpha value is -2.14. The van der Waals surface area contributed by atoms with Crippen LogP contribution in [0.4, 0.5) is 0 Å². The highest BCUT2D eigenvalue weighted by molar-refractivity contribution is 5.49. The molecule has 5 heteroatoms. The molecule has 0 saturated carbocycles. The fourth-order valence-corrected chi connectivity index (χ4v) is 3.03. The van der Waals surface area contributed by atoms with E-state index in [4.69, 9.17) is 0 Å². The van der Waals surface area contributed by atoms with Crippen LogP contribution in [0.15, 0.2) is 30.7 Å². The van der Waals surface area contributed by atoms with E-state index in [1.54, 1.807) is 0 Å². The van der Waals surface area contributed by atoms with Crippen LogP contribution in [-0.4, -0.2) is 24.0 Å². The molecule has 0 unspecified atom stereocenters. The minimum atomic E-state index is -0.0343. The summed E-state index contributed by atoms with van der Waals surface area (Å²) in [7, 11) is 0. The molecule has 0 radical (unpaired) electrons. The molecule has 0 spiro atoms. The molecule has 0 atom stereocenters. The third kappa shape index (κ3) is 1.59. The van der Waals surface area contributed by atoms with Crippen molar-refractivity contribution in [3.8, 4) is 5.82 Å². The third-order valence-corrected chi connectivity index (χ3v) is 4.02. The summed E-state index contributed by atoms with van der Waals surface area (Å²) in [6, 6.07) is 5.85. The first kappa shape index (κ1) is 11.7. The first-order chi connectivity index (χ1) is 9.88. The van der Waals surface area contributed by atoms with Gasteiger partial charge in [0.2, 0.25) is 0 Å².